The molecule has 0 unspecified atom stereocenters. The smallest absolute Gasteiger partial charge is 0.0507 e. The molecule has 3 heteroatoms. The Balaban J connectivity index is 1.65. The number of benzene rings is 1. The lowest BCUT2D eigenvalue weighted by Crippen LogP contribution is -2.25. The standard InChI is InChI=1S/C18H22N2O/c1-20(13-16-7-9-21-14-16)12-15-4-2-5-17(10-15)18-6-3-8-19-11-18/h2-6,8,10-11,16H,7,9,12-14H2,1H3/t16-/m1/s1. The van der Waals surface area contributed by atoms with Gasteiger partial charge in [-0.3, -0.25) is 4.98 Å². The topological polar surface area (TPSA) is 25.4 Å². The van der Waals surface area contributed by atoms with Crippen LogP contribution >= 0.6 is 0 Å². The van der Waals surface area contributed by atoms with E-state index < -0.39 is 0 Å². The minimum absolute atomic E-state index is 0.691. The van der Waals surface area contributed by atoms with E-state index in [9.17, 15) is 0 Å². The van der Waals surface area contributed by atoms with E-state index in [4.69, 9.17) is 4.74 Å². The van der Waals surface area contributed by atoms with Gasteiger partial charge in [-0.25, -0.2) is 0 Å². The second kappa shape index (κ2) is 6.83. The quantitative estimate of drug-likeness (QED) is 0.842. The fourth-order valence-electron chi connectivity index (χ4n) is 2.93. The number of hydrogen-bond donors (Lipinski definition) is 0. The van der Waals surface area contributed by atoms with Gasteiger partial charge in [0.25, 0.3) is 0 Å². The molecule has 0 radical (unpaired) electrons. The van der Waals surface area contributed by atoms with Crippen molar-refractivity contribution in [3.8, 4) is 11.1 Å². The molecule has 1 aromatic carbocycles. The number of aromatic nitrogens is 1. The fourth-order valence-corrected chi connectivity index (χ4v) is 2.93. The monoisotopic (exact) mass is 282 g/mol. The summed E-state index contributed by atoms with van der Waals surface area (Å²) < 4.78 is 5.45. The van der Waals surface area contributed by atoms with Crippen LogP contribution in [0.4, 0.5) is 0 Å². The Morgan fingerprint density at radius 2 is 2.14 bits per heavy atom. The van der Waals surface area contributed by atoms with Crippen LogP contribution < -0.4 is 0 Å². The molecule has 21 heavy (non-hydrogen) atoms. The first-order valence-electron chi connectivity index (χ1n) is 7.57. The molecule has 1 aromatic heterocycles. The third-order valence-corrected chi connectivity index (χ3v) is 3.97. The van der Waals surface area contributed by atoms with Crippen LogP contribution in [0.15, 0.2) is 48.8 Å². The van der Waals surface area contributed by atoms with Crippen LogP contribution in [-0.2, 0) is 11.3 Å². The van der Waals surface area contributed by atoms with Crippen molar-refractivity contribution in [1.29, 1.82) is 0 Å². The summed E-state index contributed by atoms with van der Waals surface area (Å²) in [5.74, 6) is 0.691. The van der Waals surface area contributed by atoms with Crippen molar-refractivity contribution in [3.05, 3.63) is 54.4 Å². The summed E-state index contributed by atoms with van der Waals surface area (Å²) in [7, 11) is 2.19. The average molecular weight is 282 g/mol. The van der Waals surface area contributed by atoms with E-state index in [0.717, 1.165) is 26.3 Å². The maximum absolute atomic E-state index is 5.45. The second-order valence-corrected chi connectivity index (χ2v) is 5.87. The molecule has 110 valence electrons. The second-order valence-electron chi connectivity index (χ2n) is 5.87. The minimum atomic E-state index is 0.691. The predicted octanol–water partition coefficient (Wildman–Crippen LogP) is 3.22. The molecule has 0 saturated carbocycles. The van der Waals surface area contributed by atoms with E-state index in [1.165, 1.54) is 23.1 Å². The van der Waals surface area contributed by atoms with Gasteiger partial charge < -0.3 is 9.64 Å². The molecule has 2 aromatic rings. The molecule has 0 aliphatic carbocycles. The molecule has 1 saturated heterocycles. The first-order chi connectivity index (χ1) is 10.3. The molecule has 1 fully saturated rings. The van der Waals surface area contributed by atoms with Gasteiger partial charge in [-0.05, 0) is 48.2 Å². The van der Waals surface area contributed by atoms with Crippen molar-refractivity contribution in [2.24, 2.45) is 5.92 Å². The summed E-state index contributed by atoms with van der Waals surface area (Å²) >= 11 is 0. The summed E-state index contributed by atoms with van der Waals surface area (Å²) in [5.41, 5.74) is 3.75. The first-order valence-corrected chi connectivity index (χ1v) is 7.57. The van der Waals surface area contributed by atoms with Crippen molar-refractivity contribution in [1.82, 2.24) is 9.88 Å². The molecule has 1 aliphatic rings. The molecule has 0 spiro atoms. The van der Waals surface area contributed by atoms with Crippen LogP contribution in [-0.4, -0.2) is 36.7 Å². The Bertz CT molecular complexity index is 564. The molecule has 0 bridgehead atoms. The Labute approximate surface area is 126 Å². The lowest BCUT2D eigenvalue weighted by Gasteiger charge is -2.20. The van der Waals surface area contributed by atoms with Crippen molar-refractivity contribution in [2.75, 3.05) is 26.8 Å². The summed E-state index contributed by atoms with van der Waals surface area (Å²) in [4.78, 5) is 6.59. The third-order valence-electron chi connectivity index (χ3n) is 3.97. The van der Waals surface area contributed by atoms with Gasteiger partial charge >= 0.3 is 0 Å². The Hall–Kier alpha value is -1.71. The minimum Gasteiger partial charge on any atom is -0.381 e. The van der Waals surface area contributed by atoms with Crippen LogP contribution in [0.2, 0.25) is 0 Å². The van der Waals surface area contributed by atoms with Crippen LogP contribution in [0.3, 0.4) is 0 Å². The molecule has 3 nitrogen and oxygen atoms in total. The van der Waals surface area contributed by atoms with Gasteiger partial charge in [0.2, 0.25) is 0 Å². The summed E-state index contributed by atoms with van der Waals surface area (Å²) in [5, 5.41) is 0. The van der Waals surface area contributed by atoms with Crippen molar-refractivity contribution in [3.63, 3.8) is 0 Å². The first kappa shape index (κ1) is 14.2. The zero-order valence-corrected chi connectivity index (χ0v) is 12.5. The number of nitrogens with zero attached hydrogens (tertiary/aromatic N) is 2. The molecule has 3 rings (SSSR count). The molecule has 0 amide bonds. The summed E-state index contributed by atoms with van der Waals surface area (Å²) in [6.45, 7) is 3.93. The summed E-state index contributed by atoms with van der Waals surface area (Å²) in [6, 6.07) is 12.8. The number of hydrogen-bond acceptors (Lipinski definition) is 3. The van der Waals surface area contributed by atoms with Crippen molar-refractivity contribution in [2.45, 2.75) is 13.0 Å². The van der Waals surface area contributed by atoms with Gasteiger partial charge in [-0.15, -0.1) is 0 Å². The number of pyridine rings is 1. The fraction of sp³-hybridized carbons (Fsp3) is 0.389. The Morgan fingerprint density at radius 3 is 2.90 bits per heavy atom. The van der Waals surface area contributed by atoms with Crippen LogP contribution in [0, 0.1) is 5.92 Å². The van der Waals surface area contributed by atoms with Crippen LogP contribution in [0.5, 0.6) is 0 Å². The molecular weight excluding hydrogens is 260 g/mol. The number of rotatable bonds is 5. The van der Waals surface area contributed by atoms with E-state index >= 15 is 0 Å². The normalized spacial score (nSPS) is 18.3. The maximum Gasteiger partial charge on any atom is 0.0507 e. The van der Waals surface area contributed by atoms with E-state index in [2.05, 4.69) is 47.3 Å². The van der Waals surface area contributed by atoms with Gasteiger partial charge in [0.15, 0.2) is 0 Å². The highest BCUT2D eigenvalue weighted by atomic mass is 16.5. The lowest BCUT2D eigenvalue weighted by molar-refractivity contribution is 0.173. The zero-order valence-electron chi connectivity index (χ0n) is 12.5. The number of ether oxygens (including phenoxy) is 1. The highest BCUT2D eigenvalue weighted by molar-refractivity contribution is 5.62. The van der Waals surface area contributed by atoms with E-state index in [0.29, 0.717) is 5.92 Å². The third kappa shape index (κ3) is 3.90. The molecule has 2 heterocycles. The molecule has 1 atom stereocenters. The molecule has 0 N–H and O–H groups in total. The van der Waals surface area contributed by atoms with E-state index in [1.807, 2.05) is 18.5 Å². The van der Waals surface area contributed by atoms with Crippen molar-refractivity contribution < 1.29 is 4.74 Å². The molecule has 1 aliphatic heterocycles. The Morgan fingerprint density at radius 1 is 1.24 bits per heavy atom. The van der Waals surface area contributed by atoms with Gasteiger partial charge in [0.1, 0.15) is 0 Å². The van der Waals surface area contributed by atoms with Gasteiger partial charge in [-0.2, -0.15) is 0 Å². The molecular formula is C18H22N2O. The van der Waals surface area contributed by atoms with E-state index in [-0.39, 0.29) is 0 Å². The highest BCUT2D eigenvalue weighted by Gasteiger charge is 2.17. The van der Waals surface area contributed by atoms with Crippen LogP contribution in [0.25, 0.3) is 11.1 Å². The van der Waals surface area contributed by atoms with Gasteiger partial charge in [0, 0.05) is 32.1 Å². The SMILES string of the molecule is CN(Cc1cccc(-c2cccnc2)c1)C[C@H]1CCOC1. The Kier molecular flexibility index (Phi) is 4.63. The van der Waals surface area contributed by atoms with Gasteiger partial charge in [0.05, 0.1) is 6.61 Å². The van der Waals surface area contributed by atoms with Crippen LogP contribution in [0.1, 0.15) is 12.0 Å². The average Bonchev–Trinajstić information content (AvgIpc) is 3.01. The zero-order chi connectivity index (χ0) is 14.5. The largest absolute Gasteiger partial charge is 0.381 e. The highest BCUT2D eigenvalue weighted by Crippen LogP contribution is 2.20. The lowest BCUT2D eigenvalue weighted by atomic mass is 10.0. The van der Waals surface area contributed by atoms with Crippen molar-refractivity contribution >= 4 is 0 Å². The summed E-state index contributed by atoms with van der Waals surface area (Å²) in [6.07, 6.45) is 4.92. The van der Waals surface area contributed by atoms with Gasteiger partial charge in [-0.1, -0.05) is 24.3 Å². The van der Waals surface area contributed by atoms with E-state index in [1.54, 1.807) is 0 Å². The maximum atomic E-state index is 5.45. The predicted molar refractivity (Wildman–Crippen MR) is 84.9 cm³/mol.